The molecule has 0 aromatic heterocycles. The molecule has 6 nitrogen and oxygen atoms in total. The monoisotopic (exact) mass is 339 g/mol. The Labute approximate surface area is 145 Å². The van der Waals surface area contributed by atoms with Crippen LogP contribution in [0, 0.1) is 5.92 Å². The Hall–Kier alpha value is -1.14. The largest absolute Gasteiger partial charge is 0.365 e. The van der Waals surface area contributed by atoms with Gasteiger partial charge in [0.2, 0.25) is 5.91 Å². The summed E-state index contributed by atoms with van der Waals surface area (Å²) in [7, 11) is 0. The van der Waals surface area contributed by atoms with Crippen LogP contribution in [0.1, 0.15) is 57.8 Å². The van der Waals surface area contributed by atoms with Gasteiger partial charge in [-0.25, -0.2) is 0 Å². The first-order valence-electron chi connectivity index (χ1n) is 9.58. The number of morpholine rings is 1. The van der Waals surface area contributed by atoms with Gasteiger partial charge in [0.05, 0.1) is 13.2 Å². The van der Waals surface area contributed by atoms with E-state index in [2.05, 4.69) is 5.32 Å². The number of nitrogens with zero attached hydrogens (tertiary/aromatic N) is 1. The molecule has 2 amide bonds. The minimum Gasteiger partial charge on any atom is -0.365 e. The van der Waals surface area contributed by atoms with E-state index in [0.29, 0.717) is 38.6 Å². The third-order valence-electron chi connectivity index (χ3n) is 5.10. The molecular weight excluding hydrogens is 306 g/mol. The van der Waals surface area contributed by atoms with Crippen LogP contribution in [-0.4, -0.2) is 55.6 Å². The summed E-state index contributed by atoms with van der Waals surface area (Å²) in [4.78, 5) is 26.3. The Kier molecular flexibility index (Phi) is 8.53. The van der Waals surface area contributed by atoms with Crippen molar-refractivity contribution < 1.29 is 14.3 Å². The van der Waals surface area contributed by atoms with Crippen molar-refractivity contribution in [1.82, 2.24) is 10.2 Å². The highest BCUT2D eigenvalue weighted by molar-refractivity contribution is 5.83. The van der Waals surface area contributed by atoms with Crippen LogP contribution in [0.2, 0.25) is 0 Å². The van der Waals surface area contributed by atoms with Gasteiger partial charge in [-0.3, -0.25) is 9.59 Å². The predicted octanol–water partition coefficient (Wildman–Crippen LogP) is 1.43. The average molecular weight is 339 g/mol. The fourth-order valence-corrected chi connectivity index (χ4v) is 3.54. The first-order valence-corrected chi connectivity index (χ1v) is 9.58. The maximum absolute atomic E-state index is 12.3. The van der Waals surface area contributed by atoms with Gasteiger partial charge >= 0.3 is 0 Å². The minimum absolute atomic E-state index is 0.0683. The van der Waals surface area contributed by atoms with Crippen molar-refractivity contribution in [2.45, 2.75) is 63.9 Å². The smallest absolute Gasteiger partial charge is 0.250 e. The van der Waals surface area contributed by atoms with Crippen LogP contribution in [-0.2, 0) is 14.3 Å². The molecule has 0 radical (unpaired) electrons. The summed E-state index contributed by atoms with van der Waals surface area (Å²) >= 11 is 0. The van der Waals surface area contributed by atoms with Crippen molar-refractivity contribution in [3.63, 3.8) is 0 Å². The normalized spacial score (nSPS) is 22.4. The lowest BCUT2D eigenvalue weighted by atomic mass is 9.89. The molecule has 6 heteroatoms. The molecule has 0 bridgehead atoms. The molecule has 3 N–H and O–H groups in total. The second-order valence-electron chi connectivity index (χ2n) is 7.05. The van der Waals surface area contributed by atoms with E-state index in [0.717, 1.165) is 25.8 Å². The van der Waals surface area contributed by atoms with Crippen LogP contribution in [0.15, 0.2) is 0 Å². The first-order chi connectivity index (χ1) is 11.7. The van der Waals surface area contributed by atoms with E-state index in [1.54, 1.807) is 4.90 Å². The zero-order chi connectivity index (χ0) is 17.2. The summed E-state index contributed by atoms with van der Waals surface area (Å²) in [5.74, 6) is 0.660. The third-order valence-corrected chi connectivity index (χ3v) is 5.10. The van der Waals surface area contributed by atoms with Crippen molar-refractivity contribution in [2.24, 2.45) is 11.7 Å². The van der Waals surface area contributed by atoms with Gasteiger partial charge < -0.3 is 20.7 Å². The molecule has 1 aliphatic carbocycles. The van der Waals surface area contributed by atoms with Crippen LogP contribution >= 0.6 is 0 Å². The highest BCUT2D eigenvalue weighted by atomic mass is 16.5. The van der Waals surface area contributed by atoms with E-state index < -0.39 is 6.10 Å². The molecule has 2 aliphatic rings. The van der Waals surface area contributed by atoms with Crippen LogP contribution in [0.25, 0.3) is 0 Å². The Bertz CT molecular complexity index is 397. The molecule has 1 unspecified atom stereocenters. The van der Waals surface area contributed by atoms with Crippen molar-refractivity contribution in [1.29, 1.82) is 0 Å². The fraction of sp³-hybridized carbons (Fsp3) is 0.889. The predicted molar refractivity (Wildman–Crippen MR) is 93.4 cm³/mol. The first kappa shape index (κ1) is 19.2. The molecule has 1 saturated heterocycles. The summed E-state index contributed by atoms with van der Waals surface area (Å²) in [6.07, 6.45) is 9.11. The lowest BCUT2D eigenvalue weighted by molar-refractivity contribution is -0.147. The maximum Gasteiger partial charge on any atom is 0.250 e. The van der Waals surface area contributed by atoms with Crippen molar-refractivity contribution in [2.75, 3.05) is 32.8 Å². The van der Waals surface area contributed by atoms with Gasteiger partial charge in [0.15, 0.2) is 6.10 Å². The third kappa shape index (κ3) is 6.40. The van der Waals surface area contributed by atoms with Crippen LogP contribution < -0.4 is 11.1 Å². The van der Waals surface area contributed by atoms with Crippen LogP contribution in [0.3, 0.4) is 0 Å². The molecule has 1 heterocycles. The van der Waals surface area contributed by atoms with Crippen LogP contribution in [0.4, 0.5) is 0 Å². The zero-order valence-corrected chi connectivity index (χ0v) is 14.8. The van der Waals surface area contributed by atoms with Gasteiger partial charge in [-0.1, -0.05) is 25.7 Å². The number of nitrogens with one attached hydrogen (secondary N) is 1. The summed E-state index contributed by atoms with van der Waals surface area (Å²) in [5, 5.41) is 3.03. The maximum atomic E-state index is 12.3. The van der Waals surface area contributed by atoms with Gasteiger partial charge in [-0.05, 0) is 38.1 Å². The summed E-state index contributed by atoms with van der Waals surface area (Å²) in [5.41, 5.74) is 5.47. The van der Waals surface area contributed by atoms with E-state index in [1.807, 2.05) is 0 Å². The molecule has 2 fully saturated rings. The number of rotatable bonds is 8. The Morgan fingerprint density at radius 1 is 1.12 bits per heavy atom. The number of nitrogens with two attached hydrogens (primary N) is 1. The molecule has 1 saturated carbocycles. The number of hydrogen-bond acceptors (Lipinski definition) is 4. The molecule has 138 valence electrons. The highest BCUT2D eigenvalue weighted by Crippen LogP contribution is 2.22. The Morgan fingerprint density at radius 3 is 2.67 bits per heavy atom. The second-order valence-corrected chi connectivity index (χ2v) is 7.05. The fourth-order valence-electron chi connectivity index (χ4n) is 3.54. The van der Waals surface area contributed by atoms with Crippen LogP contribution in [0.5, 0.6) is 0 Å². The van der Waals surface area contributed by atoms with Gasteiger partial charge in [0, 0.05) is 19.5 Å². The topological polar surface area (TPSA) is 84.7 Å². The lowest BCUT2D eigenvalue weighted by Gasteiger charge is -2.32. The zero-order valence-electron chi connectivity index (χ0n) is 14.8. The lowest BCUT2D eigenvalue weighted by Crippen LogP contribution is -2.52. The van der Waals surface area contributed by atoms with E-state index in [1.165, 1.54) is 32.1 Å². The number of carbonyl (C=O) groups is 2. The number of ether oxygens (including phenoxy) is 1. The summed E-state index contributed by atoms with van der Waals surface area (Å²) in [6, 6.07) is 0. The number of unbranched alkanes of at least 4 members (excludes halogenated alkanes) is 2. The molecule has 0 spiro atoms. The molecule has 0 aromatic rings. The molecule has 1 atom stereocenters. The summed E-state index contributed by atoms with van der Waals surface area (Å²) < 4.78 is 5.58. The van der Waals surface area contributed by atoms with E-state index >= 15 is 0 Å². The molecular formula is C18H33N3O3. The molecule has 24 heavy (non-hydrogen) atoms. The number of carbonyl (C=O) groups excluding carboxylic acids is 2. The standard InChI is InChI=1S/C18H33N3O3/c19-10-6-2-5-9-17(22)21-11-12-24-16(14-21)18(23)20-13-15-7-3-1-4-8-15/h15-16H,1-14,19H2,(H,20,23). The SMILES string of the molecule is NCCCCCC(=O)N1CCOC(C(=O)NCC2CCCCC2)C1. The van der Waals surface area contributed by atoms with Gasteiger partial charge in [0.1, 0.15) is 0 Å². The summed E-state index contributed by atoms with van der Waals surface area (Å²) in [6.45, 7) is 2.82. The Balaban J connectivity index is 1.68. The minimum atomic E-state index is -0.518. The van der Waals surface area contributed by atoms with E-state index in [-0.39, 0.29) is 11.8 Å². The van der Waals surface area contributed by atoms with Crippen molar-refractivity contribution in [3.8, 4) is 0 Å². The van der Waals surface area contributed by atoms with Gasteiger partial charge in [0.25, 0.3) is 5.91 Å². The Morgan fingerprint density at radius 2 is 1.92 bits per heavy atom. The average Bonchev–Trinajstić information content (AvgIpc) is 2.64. The molecule has 0 aromatic carbocycles. The van der Waals surface area contributed by atoms with Gasteiger partial charge in [-0.2, -0.15) is 0 Å². The number of hydrogen-bond donors (Lipinski definition) is 2. The van der Waals surface area contributed by atoms with Crippen molar-refractivity contribution >= 4 is 11.8 Å². The quantitative estimate of drug-likeness (QED) is 0.655. The van der Waals surface area contributed by atoms with Crippen molar-refractivity contribution in [3.05, 3.63) is 0 Å². The molecule has 2 rings (SSSR count). The second kappa shape index (κ2) is 10.7. The van der Waals surface area contributed by atoms with Gasteiger partial charge in [-0.15, -0.1) is 0 Å². The highest BCUT2D eigenvalue weighted by Gasteiger charge is 2.29. The van der Waals surface area contributed by atoms with E-state index in [4.69, 9.17) is 10.5 Å². The molecule has 1 aliphatic heterocycles. The van der Waals surface area contributed by atoms with E-state index in [9.17, 15) is 9.59 Å². The number of amides is 2.